The zero-order chi connectivity index (χ0) is 19.2. The number of carbonyl (C=O) groups excluding carboxylic acids is 3. The van der Waals surface area contributed by atoms with E-state index in [1.165, 1.54) is 0 Å². The van der Waals surface area contributed by atoms with Gasteiger partial charge in [-0.1, -0.05) is 13.0 Å². The van der Waals surface area contributed by atoms with Gasteiger partial charge in [0.1, 0.15) is 0 Å². The fraction of sp³-hybridized carbons (Fsp3) is 0.550. The first-order valence-electron chi connectivity index (χ1n) is 9.77. The van der Waals surface area contributed by atoms with Gasteiger partial charge in [0, 0.05) is 63.4 Å². The van der Waals surface area contributed by atoms with E-state index in [-0.39, 0.29) is 17.7 Å². The summed E-state index contributed by atoms with van der Waals surface area (Å²) in [6.07, 6.45) is 1.72. The van der Waals surface area contributed by atoms with E-state index < -0.39 is 0 Å². The van der Waals surface area contributed by atoms with E-state index in [9.17, 15) is 14.4 Å². The lowest BCUT2D eigenvalue weighted by Crippen LogP contribution is -2.49. The minimum Gasteiger partial charge on any atom is -0.352 e. The minimum absolute atomic E-state index is 0.0856. The van der Waals surface area contributed by atoms with Gasteiger partial charge in [-0.15, -0.1) is 0 Å². The zero-order valence-electron chi connectivity index (χ0n) is 15.9. The van der Waals surface area contributed by atoms with E-state index in [4.69, 9.17) is 0 Å². The summed E-state index contributed by atoms with van der Waals surface area (Å²) >= 11 is 0. The largest absolute Gasteiger partial charge is 0.352 e. The molecule has 2 aliphatic heterocycles. The van der Waals surface area contributed by atoms with Gasteiger partial charge in [-0.05, 0) is 31.2 Å². The van der Waals surface area contributed by atoms with Crippen LogP contribution in [0.4, 0.5) is 5.69 Å². The highest BCUT2D eigenvalue weighted by atomic mass is 16.2. The molecule has 3 rings (SSSR count). The summed E-state index contributed by atoms with van der Waals surface area (Å²) in [6.45, 7) is 7.50. The van der Waals surface area contributed by atoms with Gasteiger partial charge in [-0.2, -0.15) is 0 Å². The number of hydrogen-bond acceptors (Lipinski definition) is 4. The highest BCUT2D eigenvalue weighted by Crippen LogP contribution is 2.22. The molecule has 2 fully saturated rings. The number of carbonyl (C=O) groups is 3. The van der Waals surface area contributed by atoms with E-state index >= 15 is 0 Å². The number of amides is 3. The quantitative estimate of drug-likeness (QED) is 0.812. The Morgan fingerprint density at radius 1 is 1.11 bits per heavy atom. The average molecular weight is 372 g/mol. The molecule has 0 saturated carbocycles. The standard InChI is InChI=1S/C20H28N4O3/c1-2-22-11-13-23(14-12-22)18(25)8-9-21-20(27)16-5-3-6-17(15-16)24-10-4-7-19(24)26/h3,5-6,15H,2,4,7-14H2,1H3,(H,21,27). The predicted molar refractivity (Wildman–Crippen MR) is 104 cm³/mol. The summed E-state index contributed by atoms with van der Waals surface area (Å²) in [5, 5.41) is 2.82. The second kappa shape index (κ2) is 8.99. The summed E-state index contributed by atoms with van der Waals surface area (Å²) in [5.41, 5.74) is 1.27. The molecule has 7 heteroatoms. The molecule has 0 unspecified atom stereocenters. The van der Waals surface area contributed by atoms with Gasteiger partial charge >= 0.3 is 0 Å². The van der Waals surface area contributed by atoms with Gasteiger partial charge < -0.3 is 20.0 Å². The topological polar surface area (TPSA) is 73.0 Å². The highest BCUT2D eigenvalue weighted by Gasteiger charge is 2.23. The molecule has 2 saturated heterocycles. The van der Waals surface area contributed by atoms with Crippen LogP contribution in [0.3, 0.4) is 0 Å². The van der Waals surface area contributed by atoms with Crippen molar-refractivity contribution in [1.82, 2.24) is 15.1 Å². The van der Waals surface area contributed by atoms with Gasteiger partial charge in [0.25, 0.3) is 5.91 Å². The van der Waals surface area contributed by atoms with Crippen molar-refractivity contribution in [3.05, 3.63) is 29.8 Å². The molecule has 0 radical (unpaired) electrons. The SMILES string of the molecule is CCN1CCN(C(=O)CCNC(=O)c2cccc(N3CCCC3=O)c2)CC1. The Hall–Kier alpha value is -2.41. The maximum absolute atomic E-state index is 12.4. The maximum atomic E-state index is 12.4. The Morgan fingerprint density at radius 2 is 1.89 bits per heavy atom. The van der Waals surface area contributed by atoms with Crippen LogP contribution < -0.4 is 10.2 Å². The normalized spacial score (nSPS) is 18.0. The third-order valence-electron chi connectivity index (χ3n) is 5.29. The van der Waals surface area contributed by atoms with Crippen molar-refractivity contribution >= 4 is 23.4 Å². The van der Waals surface area contributed by atoms with Gasteiger partial charge in [0.15, 0.2) is 0 Å². The van der Waals surface area contributed by atoms with Crippen molar-refractivity contribution < 1.29 is 14.4 Å². The minimum atomic E-state index is -0.216. The summed E-state index contributed by atoms with van der Waals surface area (Å²) < 4.78 is 0. The number of piperazine rings is 1. The Bertz CT molecular complexity index is 698. The van der Waals surface area contributed by atoms with E-state index in [1.54, 1.807) is 23.1 Å². The van der Waals surface area contributed by atoms with Gasteiger partial charge in [-0.25, -0.2) is 0 Å². The van der Waals surface area contributed by atoms with Crippen LogP contribution in [0.2, 0.25) is 0 Å². The van der Waals surface area contributed by atoms with Crippen LogP contribution in [0, 0.1) is 0 Å². The molecule has 1 aromatic carbocycles. The number of hydrogen-bond donors (Lipinski definition) is 1. The molecule has 0 atom stereocenters. The van der Waals surface area contributed by atoms with Crippen molar-refractivity contribution in [1.29, 1.82) is 0 Å². The van der Waals surface area contributed by atoms with Crippen molar-refractivity contribution in [3.8, 4) is 0 Å². The van der Waals surface area contributed by atoms with Gasteiger partial charge in [0.05, 0.1) is 0 Å². The van der Waals surface area contributed by atoms with Crippen LogP contribution in [0.25, 0.3) is 0 Å². The van der Waals surface area contributed by atoms with Crippen molar-refractivity contribution in [2.24, 2.45) is 0 Å². The number of nitrogens with zero attached hydrogens (tertiary/aromatic N) is 3. The molecule has 0 bridgehead atoms. The van der Waals surface area contributed by atoms with Crippen LogP contribution in [-0.4, -0.2) is 73.3 Å². The van der Waals surface area contributed by atoms with Crippen LogP contribution in [0.1, 0.15) is 36.5 Å². The molecule has 0 spiro atoms. The molecular formula is C20H28N4O3. The van der Waals surface area contributed by atoms with Gasteiger partial charge in [-0.3, -0.25) is 14.4 Å². The third kappa shape index (κ3) is 4.86. The van der Waals surface area contributed by atoms with Crippen LogP contribution in [0.5, 0.6) is 0 Å². The monoisotopic (exact) mass is 372 g/mol. The summed E-state index contributed by atoms with van der Waals surface area (Å²) in [5.74, 6) is -0.0316. The number of benzene rings is 1. The fourth-order valence-corrected chi connectivity index (χ4v) is 3.59. The lowest BCUT2D eigenvalue weighted by atomic mass is 10.1. The molecule has 3 amide bonds. The molecule has 0 aromatic heterocycles. The van der Waals surface area contributed by atoms with E-state index in [0.29, 0.717) is 31.5 Å². The van der Waals surface area contributed by atoms with E-state index in [1.807, 2.05) is 11.0 Å². The Morgan fingerprint density at radius 3 is 2.56 bits per heavy atom. The first-order chi connectivity index (χ1) is 13.1. The zero-order valence-corrected chi connectivity index (χ0v) is 15.9. The lowest BCUT2D eigenvalue weighted by Gasteiger charge is -2.34. The smallest absolute Gasteiger partial charge is 0.251 e. The molecule has 1 aromatic rings. The van der Waals surface area contributed by atoms with Crippen molar-refractivity contribution in [2.45, 2.75) is 26.2 Å². The number of anilines is 1. The number of rotatable bonds is 6. The van der Waals surface area contributed by atoms with Crippen LogP contribution in [-0.2, 0) is 9.59 Å². The third-order valence-corrected chi connectivity index (χ3v) is 5.29. The lowest BCUT2D eigenvalue weighted by molar-refractivity contribution is -0.132. The highest BCUT2D eigenvalue weighted by molar-refractivity contribution is 5.99. The van der Waals surface area contributed by atoms with Crippen LogP contribution >= 0.6 is 0 Å². The molecule has 7 nitrogen and oxygen atoms in total. The Labute approximate surface area is 160 Å². The fourth-order valence-electron chi connectivity index (χ4n) is 3.59. The second-order valence-corrected chi connectivity index (χ2v) is 7.02. The number of likely N-dealkylation sites (N-methyl/N-ethyl adjacent to an activating group) is 1. The molecule has 0 aliphatic carbocycles. The molecule has 27 heavy (non-hydrogen) atoms. The molecular weight excluding hydrogens is 344 g/mol. The Kier molecular flexibility index (Phi) is 6.45. The summed E-state index contributed by atoms with van der Waals surface area (Å²) in [4.78, 5) is 42.5. The molecule has 2 aliphatic rings. The van der Waals surface area contributed by atoms with E-state index in [2.05, 4.69) is 17.1 Å². The average Bonchev–Trinajstić information content (AvgIpc) is 3.14. The molecule has 146 valence electrons. The second-order valence-electron chi connectivity index (χ2n) is 7.02. The Balaban J connectivity index is 1.47. The first-order valence-corrected chi connectivity index (χ1v) is 9.77. The van der Waals surface area contributed by atoms with Gasteiger partial charge in [0.2, 0.25) is 11.8 Å². The summed E-state index contributed by atoms with van der Waals surface area (Å²) in [6, 6.07) is 7.10. The number of nitrogens with one attached hydrogen (secondary N) is 1. The van der Waals surface area contributed by atoms with Crippen molar-refractivity contribution in [3.63, 3.8) is 0 Å². The summed E-state index contributed by atoms with van der Waals surface area (Å²) in [7, 11) is 0. The first kappa shape index (κ1) is 19.4. The van der Waals surface area contributed by atoms with Crippen LogP contribution in [0.15, 0.2) is 24.3 Å². The molecule has 1 N–H and O–H groups in total. The molecule has 2 heterocycles. The maximum Gasteiger partial charge on any atom is 0.251 e. The van der Waals surface area contributed by atoms with Crippen molar-refractivity contribution in [2.75, 3.05) is 50.7 Å². The van der Waals surface area contributed by atoms with E-state index in [0.717, 1.165) is 44.8 Å². The predicted octanol–water partition coefficient (Wildman–Crippen LogP) is 1.10.